The summed E-state index contributed by atoms with van der Waals surface area (Å²) >= 11 is 5.59. The van der Waals surface area contributed by atoms with Gasteiger partial charge in [-0.25, -0.2) is 0 Å². The predicted octanol–water partition coefficient (Wildman–Crippen LogP) is -4.94. The molecule has 2 aliphatic heterocycles. The molecular formula is C22H40N2O14S2. The van der Waals surface area contributed by atoms with Crippen molar-refractivity contribution in [1.29, 1.82) is 0 Å². The van der Waals surface area contributed by atoms with E-state index < -0.39 is 112 Å². The minimum absolute atomic E-state index is 0.0522. The maximum atomic E-state index is 12.9. The van der Waals surface area contributed by atoms with Crippen molar-refractivity contribution < 1.29 is 68.6 Å². The molecule has 234 valence electrons. The second-order valence-corrected chi connectivity index (χ2v) is 10.5. The Balaban J connectivity index is 2.53. The van der Waals surface area contributed by atoms with Gasteiger partial charge in [-0.15, -0.1) is 0 Å². The molecule has 18 heteroatoms. The highest BCUT2D eigenvalue weighted by molar-refractivity contribution is 7.98. The molecule has 40 heavy (non-hydrogen) atoms. The van der Waals surface area contributed by atoms with E-state index in [-0.39, 0.29) is 12.2 Å². The van der Waals surface area contributed by atoms with E-state index in [1.54, 1.807) is 0 Å². The standard InChI is InChI=1S/C22H40N2O14S2/c1-40-3-2-11(24)20(32)36-18-13(7-27)37-22(9-33-14(28)4-23,19(18)34-10(5-25)8-39)38-21-17(31)16(30)15(29)12(6-26)35-21/h10-13,15-19,21,25-27,29-31,39H,2-9,23-24H2,1H3/t10?,11-,12+,13+,15+,16-,17+,18+,19-,21+,22-/m0/s1. The Labute approximate surface area is 240 Å². The quantitative estimate of drug-likeness (QED) is 0.0578. The number of thiol groups is 1. The Morgan fingerprint density at radius 2 is 1.77 bits per heavy atom. The van der Waals surface area contributed by atoms with Gasteiger partial charge in [0.2, 0.25) is 5.79 Å². The van der Waals surface area contributed by atoms with Crippen molar-refractivity contribution in [3.05, 3.63) is 0 Å². The number of thioether (sulfide) groups is 1. The van der Waals surface area contributed by atoms with Crippen LogP contribution in [0.2, 0.25) is 0 Å². The van der Waals surface area contributed by atoms with Gasteiger partial charge < -0.3 is 70.5 Å². The first-order valence-corrected chi connectivity index (χ1v) is 14.5. The maximum absolute atomic E-state index is 12.9. The van der Waals surface area contributed by atoms with Gasteiger partial charge in [-0.3, -0.25) is 9.59 Å². The zero-order valence-electron chi connectivity index (χ0n) is 21.9. The van der Waals surface area contributed by atoms with Gasteiger partial charge in [0.05, 0.1) is 32.5 Å². The molecule has 0 aliphatic carbocycles. The molecule has 2 fully saturated rings. The number of nitrogens with two attached hydrogens (primary N) is 2. The van der Waals surface area contributed by atoms with Crippen LogP contribution in [0.4, 0.5) is 0 Å². The van der Waals surface area contributed by atoms with Crippen molar-refractivity contribution in [3.63, 3.8) is 0 Å². The summed E-state index contributed by atoms with van der Waals surface area (Å²) in [6.07, 6.45) is -12.0. The van der Waals surface area contributed by atoms with E-state index in [2.05, 4.69) is 12.6 Å². The van der Waals surface area contributed by atoms with Gasteiger partial charge in [0.15, 0.2) is 18.5 Å². The third-order valence-electron chi connectivity index (χ3n) is 6.33. The third kappa shape index (κ3) is 8.60. The molecule has 1 unspecified atom stereocenters. The zero-order valence-corrected chi connectivity index (χ0v) is 23.6. The highest BCUT2D eigenvalue weighted by Crippen LogP contribution is 2.40. The summed E-state index contributed by atoms with van der Waals surface area (Å²) in [5.41, 5.74) is 11.3. The van der Waals surface area contributed by atoms with E-state index in [0.29, 0.717) is 5.75 Å². The molecular weight excluding hydrogens is 580 g/mol. The van der Waals surface area contributed by atoms with Crippen LogP contribution in [0.3, 0.4) is 0 Å². The van der Waals surface area contributed by atoms with Crippen molar-refractivity contribution in [1.82, 2.24) is 0 Å². The Kier molecular flexibility index (Phi) is 14.8. The average Bonchev–Trinajstić information content (AvgIpc) is 3.24. The van der Waals surface area contributed by atoms with Crippen LogP contribution in [0.5, 0.6) is 0 Å². The first-order valence-electron chi connectivity index (χ1n) is 12.5. The molecule has 2 aliphatic rings. The van der Waals surface area contributed by atoms with Crippen LogP contribution in [0.1, 0.15) is 6.42 Å². The summed E-state index contributed by atoms with van der Waals surface area (Å²) in [7, 11) is 0. The van der Waals surface area contributed by atoms with E-state index in [1.165, 1.54) is 11.8 Å². The lowest BCUT2D eigenvalue weighted by atomic mass is 9.98. The molecule has 16 nitrogen and oxygen atoms in total. The first kappa shape index (κ1) is 35.4. The van der Waals surface area contributed by atoms with E-state index >= 15 is 0 Å². The molecule has 2 rings (SSSR count). The number of carbonyl (C=O) groups excluding carboxylic acids is 2. The fraction of sp³-hybridized carbons (Fsp3) is 0.909. The number of aliphatic hydroxyl groups excluding tert-OH is 6. The monoisotopic (exact) mass is 620 g/mol. The normalized spacial score (nSPS) is 35.8. The molecule has 0 radical (unpaired) electrons. The summed E-state index contributed by atoms with van der Waals surface area (Å²) in [6.45, 7) is -3.50. The minimum atomic E-state index is -2.32. The lowest BCUT2D eigenvalue weighted by molar-refractivity contribution is -0.387. The van der Waals surface area contributed by atoms with Crippen LogP contribution < -0.4 is 11.5 Å². The molecule has 0 aromatic heterocycles. The van der Waals surface area contributed by atoms with Crippen LogP contribution in [-0.4, -0.2) is 160 Å². The summed E-state index contributed by atoms with van der Waals surface area (Å²) in [4.78, 5) is 24.9. The molecule has 0 saturated carbocycles. The van der Waals surface area contributed by atoms with Crippen molar-refractivity contribution >= 4 is 36.3 Å². The molecule has 0 bridgehead atoms. The molecule has 10 N–H and O–H groups in total. The maximum Gasteiger partial charge on any atom is 0.323 e. The fourth-order valence-electron chi connectivity index (χ4n) is 4.08. The second kappa shape index (κ2) is 16.7. The van der Waals surface area contributed by atoms with Crippen molar-refractivity contribution in [2.75, 3.05) is 50.7 Å². The number of aliphatic hydroxyl groups is 6. The molecule has 0 aromatic carbocycles. The zero-order chi connectivity index (χ0) is 30.0. The Morgan fingerprint density at radius 1 is 1.10 bits per heavy atom. The van der Waals surface area contributed by atoms with E-state index in [4.69, 9.17) is 39.9 Å². The SMILES string of the molecule is CSCC[C@H](N)C(=O)O[C@@H]1[C@@H](CO)O[C@@](COC(=O)CN)(O[C@H]2O[C@H](CO)[C@@H](O)[C@H](O)[C@H]2O)[C@H]1OC(CO)CS. The van der Waals surface area contributed by atoms with E-state index in [0.717, 1.165) is 0 Å². The number of hydrogen-bond donors (Lipinski definition) is 9. The highest BCUT2D eigenvalue weighted by Gasteiger charge is 2.63. The van der Waals surface area contributed by atoms with E-state index in [9.17, 15) is 40.2 Å². The fourth-order valence-corrected chi connectivity index (χ4v) is 4.77. The lowest BCUT2D eigenvalue weighted by Crippen LogP contribution is -2.63. The lowest BCUT2D eigenvalue weighted by Gasteiger charge is -2.44. The van der Waals surface area contributed by atoms with Crippen LogP contribution >= 0.6 is 24.4 Å². The second-order valence-electron chi connectivity index (χ2n) is 9.16. The smallest absolute Gasteiger partial charge is 0.323 e. The largest absolute Gasteiger partial charge is 0.459 e. The van der Waals surface area contributed by atoms with Gasteiger partial charge in [0, 0.05) is 5.75 Å². The Hall–Kier alpha value is -0.840. The van der Waals surface area contributed by atoms with Gasteiger partial charge in [-0.1, -0.05) is 0 Å². The average molecular weight is 621 g/mol. The van der Waals surface area contributed by atoms with Crippen molar-refractivity contribution in [2.45, 2.75) is 73.4 Å². The molecule has 11 atom stereocenters. The highest BCUT2D eigenvalue weighted by atomic mass is 32.2. The number of carbonyl (C=O) groups is 2. The van der Waals surface area contributed by atoms with Crippen LogP contribution in [0.25, 0.3) is 0 Å². The number of hydrogen-bond acceptors (Lipinski definition) is 18. The van der Waals surface area contributed by atoms with Gasteiger partial charge in [0.1, 0.15) is 43.2 Å². The van der Waals surface area contributed by atoms with Gasteiger partial charge in [-0.2, -0.15) is 24.4 Å². The minimum Gasteiger partial charge on any atom is -0.459 e. The molecule has 2 saturated heterocycles. The Morgan fingerprint density at radius 3 is 2.33 bits per heavy atom. The molecule has 0 amide bonds. The van der Waals surface area contributed by atoms with Gasteiger partial charge in [-0.05, 0) is 18.4 Å². The predicted molar refractivity (Wildman–Crippen MR) is 140 cm³/mol. The summed E-state index contributed by atoms with van der Waals surface area (Å²) in [5.74, 6) is -3.62. The molecule has 0 spiro atoms. The number of rotatable bonds is 16. The van der Waals surface area contributed by atoms with Crippen LogP contribution in [0.15, 0.2) is 0 Å². The van der Waals surface area contributed by atoms with Gasteiger partial charge >= 0.3 is 11.9 Å². The topological polar surface area (TPSA) is 263 Å². The van der Waals surface area contributed by atoms with Crippen LogP contribution in [-0.2, 0) is 38.0 Å². The summed E-state index contributed by atoms with van der Waals surface area (Å²) in [6, 6.07) is -1.05. The van der Waals surface area contributed by atoms with Crippen molar-refractivity contribution in [2.24, 2.45) is 11.5 Å². The molecule has 2 heterocycles. The summed E-state index contributed by atoms with van der Waals surface area (Å²) < 4.78 is 33.9. The number of esters is 2. The summed E-state index contributed by atoms with van der Waals surface area (Å²) in [5, 5.41) is 60.5. The number of ether oxygens (including phenoxy) is 6. The molecule has 0 aromatic rings. The van der Waals surface area contributed by atoms with E-state index in [1.807, 2.05) is 6.26 Å². The Bertz CT molecular complexity index is 797. The van der Waals surface area contributed by atoms with Crippen LogP contribution in [0, 0.1) is 0 Å². The third-order valence-corrected chi connectivity index (χ3v) is 7.38. The van der Waals surface area contributed by atoms with Gasteiger partial charge in [0.25, 0.3) is 0 Å². The van der Waals surface area contributed by atoms with Crippen molar-refractivity contribution in [3.8, 4) is 0 Å². The first-order chi connectivity index (χ1) is 19.0.